The van der Waals surface area contributed by atoms with Gasteiger partial charge in [0.25, 0.3) is 0 Å². The minimum atomic E-state index is -0.474. The lowest BCUT2D eigenvalue weighted by atomic mass is 9.65. The number of rotatable bonds is 0. The molecular weight excluding hydrogens is 264 g/mol. The van der Waals surface area contributed by atoms with E-state index in [1.807, 2.05) is 6.92 Å². The number of Topliss-reactive ketones (excluding diaryl/α,β-unsaturated/α-hetero) is 1. The molecule has 3 nitrogen and oxygen atoms in total. The monoisotopic (exact) mass is 292 g/mol. The Labute approximate surface area is 127 Å². The number of ether oxygens (including phenoxy) is 1. The molecule has 1 heterocycles. The maximum absolute atomic E-state index is 12.7. The fraction of sp³-hybridized carbons (Fsp3) is 0.833. The highest BCUT2D eigenvalue weighted by atomic mass is 16.6. The number of carbonyl (C=O) groups is 1. The molecule has 2 fully saturated rings. The fourth-order valence-electron chi connectivity index (χ4n) is 4.17. The SMILES string of the molecule is C/C1=C\CC[C@@]2(C)O[C@@H]2C(=O)[C@H]2C[C@@](C)(CC1)CC[C@H]2O. The van der Waals surface area contributed by atoms with E-state index in [1.54, 1.807) is 0 Å². The maximum atomic E-state index is 12.7. The number of fused-ring (bicyclic) bond motifs is 3. The summed E-state index contributed by atoms with van der Waals surface area (Å²) in [7, 11) is 0. The number of epoxide rings is 1. The molecule has 3 heteroatoms. The molecule has 0 aromatic rings. The van der Waals surface area contributed by atoms with Gasteiger partial charge in [-0.25, -0.2) is 0 Å². The molecule has 1 N–H and O–H groups in total. The molecule has 0 amide bonds. The summed E-state index contributed by atoms with van der Waals surface area (Å²) in [5.74, 6) is -0.0727. The fourth-order valence-corrected chi connectivity index (χ4v) is 4.17. The Morgan fingerprint density at radius 2 is 2.05 bits per heavy atom. The second-order valence-electron chi connectivity index (χ2n) is 8.03. The third-order valence-corrected chi connectivity index (χ3v) is 5.99. The van der Waals surface area contributed by atoms with Gasteiger partial charge in [-0.1, -0.05) is 18.6 Å². The molecule has 0 spiro atoms. The van der Waals surface area contributed by atoms with Crippen LogP contribution in [-0.2, 0) is 9.53 Å². The molecule has 2 aliphatic carbocycles. The van der Waals surface area contributed by atoms with E-state index in [9.17, 15) is 9.90 Å². The van der Waals surface area contributed by atoms with Crippen molar-refractivity contribution in [3.8, 4) is 0 Å². The first kappa shape index (κ1) is 15.2. The van der Waals surface area contributed by atoms with Crippen molar-refractivity contribution in [3.63, 3.8) is 0 Å². The van der Waals surface area contributed by atoms with Gasteiger partial charge in [0.05, 0.1) is 6.10 Å². The molecular formula is C18H28O3. The molecule has 0 aromatic heterocycles. The lowest BCUT2D eigenvalue weighted by molar-refractivity contribution is -0.132. The van der Waals surface area contributed by atoms with Crippen LogP contribution < -0.4 is 0 Å². The maximum Gasteiger partial charge on any atom is 0.170 e. The van der Waals surface area contributed by atoms with Gasteiger partial charge in [0.1, 0.15) is 11.7 Å². The molecule has 118 valence electrons. The summed E-state index contributed by atoms with van der Waals surface area (Å²) in [4.78, 5) is 12.7. The van der Waals surface area contributed by atoms with Crippen LogP contribution in [0.3, 0.4) is 0 Å². The molecule has 3 aliphatic rings. The number of hydrogen-bond acceptors (Lipinski definition) is 3. The Morgan fingerprint density at radius 3 is 2.81 bits per heavy atom. The van der Waals surface area contributed by atoms with Crippen molar-refractivity contribution < 1.29 is 14.6 Å². The number of aliphatic hydroxyl groups is 1. The third kappa shape index (κ3) is 2.95. The predicted molar refractivity (Wildman–Crippen MR) is 82.0 cm³/mol. The number of aliphatic hydroxyl groups excluding tert-OH is 1. The largest absolute Gasteiger partial charge is 0.392 e. The number of hydrogen-bond donors (Lipinski definition) is 1. The molecule has 0 unspecified atom stereocenters. The van der Waals surface area contributed by atoms with Crippen molar-refractivity contribution in [2.45, 2.75) is 83.5 Å². The average Bonchev–Trinajstić information content (AvgIpc) is 3.10. The Balaban J connectivity index is 1.85. The van der Waals surface area contributed by atoms with Crippen molar-refractivity contribution in [1.82, 2.24) is 0 Å². The van der Waals surface area contributed by atoms with Crippen molar-refractivity contribution in [2.24, 2.45) is 11.3 Å². The van der Waals surface area contributed by atoms with Gasteiger partial charge in [-0.2, -0.15) is 0 Å². The van der Waals surface area contributed by atoms with E-state index in [0.717, 1.165) is 44.9 Å². The van der Waals surface area contributed by atoms with Gasteiger partial charge in [-0.15, -0.1) is 0 Å². The second-order valence-corrected chi connectivity index (χ2v) is 8.03. The first-order chi connectivity index (χ1) is 9.83. The summed E-state index contributed by atoms with van der Waals surface area (Å²) >= 11 is 0. The Kier molecular flexibility index (Phi) is 3.77. The predicted octanol–water partition coefficient (Wildman–Crippen LogP) is 3.40. The zero-order chi connectivity index (χ0) is 15.3. The molecule has 5 atom stereocenters. The summed E-state index contributed by atoms with van der Waals surface area (Å²) in [6, 6.07) is 0. The Hall–Kier alpha value is -0.670. The standard InChI is InChI=1S/C18H28O3/c1-12-5-4-8-18(3)16(21-18)15(20)13-11-17(2,9-6-12)10-7-14(13)19/h5,13-14,16,19H,4,6-11H2,1-3H3/b12-5+/t13-,14+,16+,17-,18+/m0/s1. The van der Waals surface area contributed by atoms with Crippen LogP contribution in [0.1, 0.15) is 65.7 Å². The van der Waals surface area contributed by atoms with Crippen LogP contribution in [0.15, 0.2) is 11.6 Å². The highest BCUT2D eigenvalue weighted by Crippen LogP contribution is 2.48. The van der Waals surface area contributed by atoms with Crippen LogP contribution in [0.25, 0.3) is 0 Å². The van der Waals surface area contributed by atoms with E-state index in [1.165, 1.54) is 5.57 Å². The molecule has 3 rings (SSSR count). The molecule has 2 bridgehead atoms. The van der Waals surface area contributed by atoms with Gasteiger partial charge in [-0.05, 0) is 64.2 Å². The molecule has 1 saturated carbocycles. The smallest absolute Gasteiger partial charge is 0.170 e. The third-order valence-electron chi connectivity index (χ3n) is 5.99. The molecule has 1 aliphatic heterocycles. The van der Waals surface area contributed by atoms with Gasteiger partial charge >= 0.3 is 0 Å². The molecule has 1 saturated heterocycles. The minimum Gasteiger partial charge on any atom is -0.392 e. The van der Waals surface area contributed by atoms with Crippen LogP contribution in [0.5, 0.6) is 0 Å². The van der Waals surface area contributed by atoms with Gasteiger partial charge in [0.2, 0.25) is 0 Å². The molecule has 21 heavy (non-hydrogen) atoms. The van der Waals surface area contributed by atoms with Crippen LogP contribution >= 0.6 is 0 Å². The summed E-state index contributed by atoms with van der Waals surface area (Å²) < 4.78 is 5.75. The normalized spacial score (nSPS) is 50.2. The van der Waals surface area contributed by atoms with E-state index < -0.39 is 6.10 Å². The second kappa shape index (κ2) is 5.20. The van der Waals surface area contributed by atoms with E-state index >= 15 is 0 Å². The lowest BCUT2D eigenvalue weighted by Gasteiger charge is -2.40. The first-order valence-corrected chi connectivity index (χ1v) is 8.38. The highest BCUT2D eigenvalue weighted by molar-refractivity contribution is 5.89. The van der Waals surface area contributed by atoms with Crippen molar-refractivity contribution in [2.75, 3.05) is 0 Å². The van der Waals surface area contributed by atoms with Crippen molar-refractivity contribution in [3.05, 3.63) is 11.6 Å². The van der Waals surface area contributed by atoms with E-state index in [4.69, 9.17) is 4.74 Å². The van der Waals surface area contributed by atoms with Crippen LogP contribution in [0.2, 0.25) is 0 Å². The topological polar surface area (TPSA) is 49.8 Å². The summed E-state index contributed by atoms with van der Waals surface area (Å²) in [5, 5.41) is 10.3. The van der Waals surface area contributed by atoms with Crippen LogP contribution in [0, 0.1) is 11.3 Å². The number of allylic oxidation sites excluding steroid dienone is 2. The zero-order valence-electron chi connectivity index (χ0n) is 13.5. The Morgan fingerprint density at radius 1 is 1.29 bits per heavy atom. The van der Waals surface area contributed by atoms with Crippen molar-refractivity contribution in [1.29, 1.82) is 0 Å². The number of carbonyl (C=O) groups excluding carboxylic acids is 1. The minimum absolute atomic E-state index is 0.150. The van der Waals surface area contributed by atoms with E-state index in [-0.39, 0.29) is 28.8 Å². The number of ketones is 1. The van der Waals surface area contributed by atoms with E-state index in [0.29, 0.717) is 0 Å². The average molecular weight is 292 g/mol. The van der Waals surface area contributed by atoms with Gasteiger partial charge in [0, 0.05) is 5.92 Å². The summed E-state index contributed by atoms with van der Waals surface area (Å²) in [5.41, 5.74) is 1.34. The van der Waals surface area contributed by atoms with E-state index in [2.05, 4.69) is 19.9 Å². The quantitative estimate of drug-likeness (QED) is 0.550. The molecule has 0 radical (unpaired) electrons. The zero-order valence-corrected chi connectivity index (χ0v) is 13.5. The Bertz CT molecular complexity index is 469. The van der Waals surface area contributed by atoms with Crippen LogP contribution in [0.4, 0.5) is 0 Å². The van der Waals surface area contributed by atoms with Gasteiger partial charge in [-0.3, -0.25) is 4.79 Å². The van der Waals surface area contributed by atoms with Gasteiger partial charge < -0.3 is 9.84 Å². The highest BCUT2D eigenvalue weighted by Gasteiger charge is 2.58. The van der Waals surface area contributed by atoms with Crippen molar-refractivity contribution >= 4 is 5.78 Å². The molecule has 0 aromatic carbocycles. The summed E-state index contributed by atoms with van der Waals surface area (Å²) in [6.07, 6.45) is 8.25. The van der Waals surface area contributed by atoms with Gasteiger partial charge in [0.15, 0.2) is 5.78 Å². The summed E-state index contributed by atoms with van der Waals surface area (Å²) in [6.45, 7) is 6.53. The van der Waals surface area contributed by atoms with Crippen LogP contribution in [-0.4, -0.2) is 28.7 Å². The lowest BCUT2D eigenvalue weighted by Crippen LogP contribution is -2.42. The first-order valence-electron chi connectivity index (χ1n) is 8.38.